The average Bonchev–Trinajstić information content (AvgIpc) is 2.61. The Morgan fingerprint density at radius 1 is 0.583 bits per heavy atom. The molecule has 1 aromatic rings. The van der Waals surface area contributed by atoms with Gasteiger partial charge in [-0.1, -0.05) is 62.2 Å². The molecule has 0 radical (unpaired) electrons. The fourth-order valence-electron chi connectivity index (χ4n) is 3.65. The van der Waals surface area contributed by atoms with Crippen LogP contribution in [0.4, 0.5) is 0 Å². The number of rotatable bonds is 0. The minimum absolute atomic E-state index is 0.288. The van der Waals surface area contributed by atoms with Crippen LogP contribution in [0.2, 0.25) is 0 Å². The van der Waals surface area contributed by atoms with E-state index < -0.39 is 0 Å². The Morgan fingerprint density at radius 3 is 1.25 bits per heavy atom. The lowest BCUT2D eigenvalue weighted by atomic mass is 9.83. The van der Waals surface area contributed by atoms with E-state index >= 15 is 0 Å². The summed E-state index contributed by atoms with van der Waals surface area (Å²) in [7, 11) is 0. The minimum atomic E-state index is -0.288. The summed E-state index contributed by atoms with van der Waals surface area (Å²) in [6.07, 6.45) is 11.4. The van der Waals surface area contributed by atoms with Crippen LogP contribution in [0.1, 0.15) is 75.3 Å². The zero-order chi connectivity index (χ0) is 16.9. The third-order valence-electron chi connectivity index (χ3n) is 5.29. The molecule has 2 aliphatic rings. The Balaban J connectivity index is 1.66. The quantitative estimate of drug-likeness (QED) is 0.716. The third kappa shape index (κ3) is 4.64. The van der Waals surface area contributed by atoms with Gasteiger partial charge in [0.1, 0.15) is 0 Å². The predicted octanol–water partition coefficient (Wildman–Crippen LogP) is 3.71. The van der Waals surface area contributed by atoms with Gasteiger partial charge >= 0.3 is 0 Å². The molecule has 3 rings (SSSR count). The topological polar surface area (TPSA) is 52.0 Å². The van der Waals surface area contributed by atoms with Gasteiger partial charge in [0.05, 0.1) is 11.1 Å². The summed E-state index contributed by atoms with van der Waals surface area (Å²) in [4.78, 5) is 0. The molecule has 2 heteroatoms. The molecule has 0 unspecified atom stereocenters. The molecule has 0 bridgehead atoms. The summed E-state index contributed by atoms with van der Waals surface area (Å²) < 4.78 is 0. The van der Waals surface area contributed by atoms with Crippen molar-refractivity contribution in [1.29, 1.82) is 0 Å². The summed E-state index contributed by atoms with van der Waals surface area (Å²) in [6, 6.07) is 8.14. The fraction of sp³-hybridized carbons (Fsp3) is 0.545. The van der Waals surface area contributed by atoms with Crippen molar-refractivity contribution in [3.8, 4) is 23.7 Å². The van der Waals surface area contributed by atoms with Crippen LogP contribution < -0.4 is 11.5 Å². The van der Waals surface area contributed by atoms with Crippen LogP contribution in [0.25, 0.3) is 0 Å². The molecule has 1 aromatic carbocycles. The largest absolute Gasteiger partial charge is 0.315 e. The van der Waals surface area contributed by atoms with Gasteiger partial charge in [0, 0.05) is 11.1 Å². The highest BCUT2D eigenvalue weighted by molar-refractivity contribution is 5.44. The summed E-state index contributed by atoms with van der Waals surface area (Å²) in [5.74, 6) is 13.1. The van der Waals surface area contributed by atoms with Crippen molar-refractivity contribution in [2.24, 2.45) is 11.5 Å². The molecule has 0 aromatic heterocycles. The zero-order valence-corrected chi connectivity index (χ0v) is 14.5. The molecule has 0 aliphatic heterocycles. The second kappa shape index (κ2) is 7.43. The Bertz CT molecular complexity index is 606. The first-order valence-electron chi connectivity index (χ1n) is 9.31. The van der Waals surface area contributed by atoms with E-state index in [0.29, 0.717) is 0 Å². The van der Waals surface area contributed by atoms with Crippen molar-refractivity contribution < 1.29 is 0 Å². The summed E-state index contributed by atoms with van der Waals surface area (Å²) in [5, 5.41) is 0. The maximum atomic E-state index is 6.37. The monoisotopic (exact) mass is 320 g/mol. The molecule has 0 amide bonds. The lowest BCUT2D eigenvalue weighted by Crippen LogP contribution is -2.40. The smallest absolute Gasteiger partial charge is 0.0779 e. The van der Waals surface area contributed by atoms with Crippen molar-refractivity contribution in [1.82, 2.24) is 0 Å². The van der Waals surface area contributed by atoms with Gasteiger partial charge < -0.3 is 11.5 Å². The molecule has 2 aliphatic carbocycles. The molecular weight excluding hydrogens is 292 g/mol. The second-order valence-electron chi connectivity index (χ2n) is 7.51. The standard InChI is InChI=1S/C22H28N2/c23-21(13-3-1-4-14-21)17-11-19-7-9-20(10-8-19)12-18-22(24)15-5-2-6-16-22/h7-10H,1-6,13-16,23-24H2. The normalized spacial score (nSPS) is 21.8. The fourth-order valence-corrected chi connectivity index (χ4v) is 3.65. The first-order valence-corrected chi connectivity index (χ1v) is 9.31. The molecule has 0 saturated heterocycles. The number of hydrogen-bond acceptors (Lipinski definition) is 2. The maximum Gasteiger partial charge on any atom is 0.0779 e. The Hall–Kier alpha value is -1.74. The summed E-state index contributed by atoms with van der Waals surface area (Å²) in [6.45, 7) is 0. The van der Waals surface area contributed by atoms with Crippen LogP contribution in [0, 0.1) is 23.7 Å². The third-order valence-corrected chi connectivity index (χ3v) is 5.29. The van der Waals surface area contributed by atoms with E-state index in [4.69, 9.17) is 11.5 Å². The van der Waals surface area contributed by atoms with Gasteiger partial charge in [-0.15, -0.1) is 0 Å². The van der Waals surface area contributed by atoms with Crippen LogP contribution >= 0.6 is 0 Å². The molecule has 2 saturated carbocycles. The van der Waals surface area contributed by atoms with E-state index in [0.717, 1.165) is 36.8 Å². The second-order valence-corrected chi connectivity index (χ2v) is 7.51. The molecule has 126 valence electrons. The van der Waals surface area contributed by atoms with E-state index in [2.05, 4.69) is 23.7 Å². The van der Waals surface area contributed by atoms with Crippen molar-refractivity contribution >= 4 is 0 Å². The Labute approximate surface area is 146 Å². The molecule has 24 heavy (non-hydrogen) atoms. The van der Waals surface area contributed by atoms with E-state index in [1.807, 2.05) is 24.3 Å². The molecule has 2 nitrogen and oxygen atoms in total. The van der Waals surface area contributed by atoms with Crippen LogP contribution in [0.5, 0.6) is 0 Å². The summed E-state index contributed by atoms with van der Waals surface area (Å²) >= 11 is 0. The van der Waals surface area contributed by atoms with Gasteiger partial charge in [0.25, 0.3) is 0 Å². The first kappa shape index (κ1) is 17.1. The van der Waals surface area contributed by atoms with Crippen molar-refractivity contribution in [2.75, 3.05) is 0 Å². The van der Waals surface area contributed by atoms with Crippen molar-refractivity contribution in [2.45, 2.75) is 75.3 Å². The van der Waals surface area contributed by atoms with Gasteiger partial charge in [0.15, 0.2) is 0 Å². The van der Waals surface area contributed by atoms with Crippen LogP contribution in [-0.4, -0.2) is 11.1 Å². The minimum Gasteiger partial charge on any atom is -0.315 e. The van der Waals surface area contributed by atoms with Crippen LogP contribution in [-0.2, 0) is 0 Å². The van der Waals surface area contributed by atoms with E-state index in [1.165, 1.54) is 38.5 Å². The Kier molecular flexibility index (Phi) is 5.30. The first-order chi connectivity index (χ1) is 11.6. The highest BCUT2D eigenvalue weighted by atomic mass is 14.7. The van der Waals surface area contributed by atoms with Gasteiger partial charge in [0.2, 0.25) is 0 Å². The van der Waals surface area contributed by atoms with Crippen molar-refractivity contribution in [3.05, 3.63) is 35.4 Å². The zero-order valence-electron chi connectivity index (χ0n) is 14.5. The summed E-state index contributed by atoms with van der Waals surface area (Å²) in [5.41, 5.74) is 14.2. The van der Waals surface area contributed by atoms with Crippen LogP contribution in [0.15, 0.2) is 24.3 Å². The van der Waals surface area contributed by atoms with Gasteiger partial charge in [-0.05, 0) is 49.9 Å². The molecule has 4 N–H and O–H groups in total. The number of nitrogens with two attached hydrogens (primary N) is 2. The van der Waals surface area contributed by atoms with E-state index in [9.17, 15) is 0 Å². The Morgan fingerprint density at radius 2 is 0.917 bits per heavy atom. The van der Waals surface area contributed by atoms with Gasteiger partial charge in [-0.2, -0.15) is 0 Å². The highest BCUT2D eigenvalue weighted by Gasteiger charge is 2.25. The van der Waals surface area contributed by atoms with Gasteiger partial charge in [-0.3, -0.25) is 0 Å². The lowest BCUT2D eigenvalue weighted by molar-refractivity contribution is 0.370. The van der Waals surface area contributed by atoms with Crippen molar-refractivity contribution in [3.63, 3.8) is 0 Å². The molecular formula is C22H28N2. The SMILES string of the molecule is NC1(C#Cc2ccc(C#CC3(N)CCCCC3)cc2)CCCCC1. The molecule has 0 heterocycles. The van der Waals surface area contributed by atoms with Gasteiger partial charge in [-0.25, -0.2) is 0 Å². The average molecular weight is 320 g/mol. The molecule has 2 fully saturated rings. The van der Waals surface area contributed by atoms with Crippen LogP contribution in [0.3, 0.4) is 0 Å². The predicted molar refractivity (Wildman–Crippen MR) is 100 cm³/mol. The molecule has 0 spiro atoms. The van der Waals surface area contributed by atoms with E-state index in [1.54, 1.807) is 0 Å². The van der Waals surface area contributed by atoms with E-state index in [-0.39, 0.29) is 11.1 Å². The number of hydrogen-bond donors (Lipinski definition) is 2. The molecule has 0 atom stereocenters. The number of benzene rings is 1. The highest BCUT2D eigenvalue weighted by Crippen LogP contribution is 2.26. The maximum absolute atomic E-state index is 6.37. The lowest BCUT2D eigenvalue weighted by Gasteiger charge is -2.27.